The number of aromatic amines is 1. The number of anilines is 1. The molecule has 3 heterocycles. The van der Waals surface area contributed by atoms with Gasteiger partial charge in [-0.15, -0.1) is 0 Å². The van der Waals surface area contributed by atoms with Gasteiger partial charge in [0.15, 0.2) is 17.4 Å². The Morgan fingerprint density at radius 1 is 1.22 bits per heavy atom. The van der Waals surface area contributed by atoms with Crippen molar-refractivity contribution in [2.75, 3.05) is 11.9 Å². The zero-order valence-electron chi connectivity index (χ0n) is 14.2. The van der Waals surface area contributed by atoms with Gasteiger partial charge in [0.1, 0.15) is 18.3 Å². The fourth-order valence-electron chi connectivity index (χ4n) is 3.09. The Morgan fingerprint density at radius 3 is 2.70 bits per heavy atom. The molecule has 1 saturated heterocycles. The molecule has 0 aliphatic carbocycles. The van der Waals surface area contributed by atoms with E-state index < -0.39 is 36.7 Å². The van der Waals surface area contributed by atoms with E-state index in [4.69, 9.17) is 4.74 Å². The van der Waals surface area contributed by atoms with Crippen LogP contribution in [0.25, 0.3) is 11.2 Å². The Morgan fingerprint density at radius 2 is 2.00 bits per heavy atom. The van der Waals surface area contributed by atoms with Gasteiger partial charge in [0.2, 0.25) is 5.95 Å². The summed E-state index contributed by atoms with van der Waals surface area (Å²) in [5.74, 6) is 0.241. The SMILES string of the molecule is O=c1[nH]c(NCc2ccccc2)nc2c1ncn2[C@@H]1O[C@H](CO)[C@@H](O)[C@H]1O. The summed E-state index contributed by atoms with van der Waals surface area (Å²) in [6, 6.07) is 9.61. The fraction of sp³-hybridized carbons (Fsp3) is 0.353. The number of nitrogens with one attached hydrogen (secondary N) is 2. The minimum Gasteiger partial charge on any atom is -0.394 e. The molecule has 0 radical (unpaired) electrons. The predicted octanol–water partition coefficient (Wildman–Crippen LogP) is -0.657. The molecule has 0 saturated carbocycles. The Bertz CT molecular complexity index is 988. The molecule has 4 rings (SSSR count). The van der Waals surface area contributed by atoms with Crippen molar-refractivity contribution in [1.29, 1.82) is 0 Å². The monoisotopic (exact) mass is 373 g/mol. The summed E-state index contributed by atoms with van der Waals surface area (Å²) in [4.78, 5) is 23.3. The molecule has 1 aliphatic heterocycles. The molecule has 1 aromatic carbocycles. The molecule has 1 aliphatic rings. The second-order valence-electron chi connectivity index (χ2n) is 6.31. The quantitative estimate of drug-likeness (QED) is 0.396. The van der Waals surface area contributed by atoms with E-state index in [-0.39, 0.29) is 17.1 Å². The van der Waals surface area contributed by atoms with Gasteiger partial charge in [0, 0.05) is 6.54 Å². The van der Waals surface area contributed by atoms with E-state index in [0.29, 0.717) is 6.54 Å². The van der Waals surface area contributed by atoms with Crippen LogP contribution in [0.15, 0.2) is 41.5 Å². The molecule has 142 valence electrons. The predicted molar refractivity (Wildman–Crippen MR) is 94.9 cm³/mol. The largest absolute Gasteiger partial charge is 0.394 e. The van der Waals surface area contributed by atoms with Crippen molar-refractivity contribution in [2.45, 2.75) is 31.1 Å². The number of ether oxygens (including phenoxy) is 1. The number of nitrogens with zero attached hydrogens (tertiary/aromatic N) is 3. The lowest BCUT2D eigenvalue weighted by atomic mass is 10.1. The van der Waals surface area contributed by atoms with Crippen LogP contribution in [-0.4, -0.2) is 59.8 Å². The zero-order chi connectivity index (χ0) is 19.0. The summed E-state index contributed by atoms with van der Waals surface area (Å²) in [5.41, 5.74) is 0.848. The molecular weight excluding hydrogens is 354 g/mol. The first-order valence-electron chi connectivity index (χ1n) is 8.45. The Labute approximate surface area is 153 Å². The summed E-state index contributed by atoms with van der Waals surface area (Å²) >= 11 is 0. The number of rotatable bonds is 5. The number of aromatic nitrogens is 4. The maximum atomic E-state index is 12.3. The molecule has 3 aromatic rings. The Balaban J connectivity index is 1.65. The van der Waals surface area contributed by atoms with Crippen LogP contribution in [0.3, 0.4) is 0 Å². The van der Waals surface area contributed by atoms with Crippen molar-refractivity contribution in [3.05, 3.63) is 52.6 Å². The standard InChI is InChI=1S/C17H19N5O5/c23-7-10-12(24)13(25)16(27-10)22-8-19-11-14(22)20-17(21-15(11)26)18-6-9-4-2-1-3-5-9/h1-5,8,10,12-13,16,23-25H,6-7H2,(H2,18,20,21,26)/t10-,12-,13-,16-/m1/s1. The van der Waals surface area contributed by atoms with E-state index >= 15 is 0 Å². The van der Waals surface area contributed by atoms with E-state index in [1.54, 1.807) is 0 Å². The van der Waals surface area contributed by atoms with Crippen LogP contribution in [0, 0.1) is 0 Å². The zero-order valence-corrected chi connectivity index (χ0v) is 14.2. The van der Waals surface area contributed by atoms with Crippen LogP contribution in [-0.2, 0) is 11.3 Å². The van der Waals surface area contributed by atoms with E-state index in [1.165, 1.54) is 10.9 Å². The molecule has 0 amide bonds. The van der Waals surface area contributed by atoms with Gasteiger partial charge in [-0.2, -0.15) is 4.98 Å². The van der Waals surface area contributed by atoms with E-state index in [9.17, 15) is 20.1 Å². The number of hydrogen-bond donors (Lipinski definition) is 5. The molecule has 5 N–H and O–H groups in total. The van der Waals surface area contributed by atoms with Gasteiger partial charge in [-0.25, -0.2) is 4.98 Å². The molecule has 10 heteroatoms. The number of aliphatic hydroxyl groups excluding tert-OH is 3. The van der Waals surface area contributed by atoms with Crippen molar-refractivity contribution >= 4 is 17.1 Å². The van der Waals surface area contributed by atoms with Crippen LogP contribution < -0.4 is 10.9 Å². The average Bonchev–Trinajstić information content (AvgIpc) is 3.23. The lowest BCUT2D eigenvalue weighted by Gasteiger charge is -2.16. The number of fused-ring (bicyclic) bond motifs is 1. The normalized spacial score (nSPS) is 25.1. The van der Waals surface area contributed by atoms with Crippen molar-refractivity contribution < 1.29 is 20.1 Å². The molecule has 1 fully saturated rings. The van der Waals surface area contributed by atoms with Crippen LogP contribution in [0.1, 0.15) is 11.8 Å². The third-order valence-electron chi connectivity index (χ3n) is 4.53. The van der Waals surface area contributed by atoms with E-state index in [2.05, 4.69) is 20.3 Å². The minimum atomic E-state index is -1.29. The maximum Gasteiger partial charge on any atom is 0.280 e. The number of aliphatic hydroxyl groups is 3. The van der Waals surface area contributed by atoms with Gasteiger partial charge >= 0.3 is 0 Å². The van der Waals surface area contributed by atoms with E-state index in [1.807, 2.05) is 30.3 Å². The number of imidazole rings is 1. The van der Waals surface area contributed by atoms with Crippen molar-refractivity contribution in [3.63, 3.8) is 0 Å². The topological polar surface area (TPSA) is 146 Å². The third-order valence-corrected chi connectivity index (χ3v) is 4.53. The lowest BCUT2D eigenvalue weighted by Crippen LogP contribution is -2.33. The number of hydrogen-bond acceptors (Lipinski definition) is 8. The first-order valence-corrected chi connectivity index (χ1v) is 8.45. The smallest absolute Gasteiger partial charge is 0.280 e. The van der Waals surface area contributed by atoms with Gasteiger partial charge < -0.3 is 25.4 Å². The molecular formula is C17H19N5O5. The molecule has 10 nitrogen and oxygen atoms in total. The summed E-state index contributed by atoms with van der Waals surface area (Å²) in [7, 11) is 0. The van der Waals surface area contributed by atoms with Crippen LogP contribution >= 0.6 is 0 Å². The third kappa shape index (κ3) is 3.19. The Kier molecular flexibility index (Phi) is 4.62. The van der Waals surface area contributed by atoms with Crippen LogP contribution in [0.5, 0.6) is 0 Å². The summed E-state index contributed by atoms with van der Waals surface area (Å²) in [6.45, 7) is 0.0104. The van der Waals surface area contributed by atoms with Gasteiger partial charge in [-0.1, -0.05) is 30.3 Å². The molecule has 27 heavy (non-hydrogen) atoms. The minimum absolute atomic E-state index is 0.0815. The van der Waals surface area contributed by atoms with Gasteiger partial charge in [0.25, 0.3) is 5.56 Å². The molecule has 0 bridgehead atoms. The second kappa shape index (κ2) is 7.08. The van der Waals surface area contributed by atoms with Crippen molar-refractivity contribution in [3.8, 4) is 0 Å². The first-order chi connectivity index (χ1) is 13.1. The maximum absolute atomic E-state index is 12.3. The summed E-state index contributed by atoms with van der Waals surface area (Å²) < 4.78 is 6.87. The highest BCUT2D eigenvalue weighted by Crippen LogP contribution is 2.30. The molecule has 0 spiro atoms. The summed E-state index contributed by atoms with van der Waals surface area (Å²) in [5, 5.41) is 32.5. The number of H-pyrrole nitrogens is 1. The van der Waals surface area contributed by atoms with Gasteiger partial charge in [-0.05, 0) is 5.56 Å². The van der Waals surface area contributed by atoms with Gasteiger partial charge in [0.05, 0.1) is 12.9 Å². The highest BCUT2D eigenvalue weighted by molar-refractivity contribution is 5.71. The summed E-state index contributed by atoms with van der Waals surface area (Å²) in [6.07, 6.45) is -3.18. The highest BCUT2D eigenvalue weighted by atomic mass is 16.6. The van der Waals surface area contributed by atoms with Crippen LogP contribution in [0.4, 0.5) is 5.95 Å². The average molecular weight is 373 g/mol. The first kappa shape index (κ1) is 17.6. The molecule has 0 unspecified atom stereocenters. The second-order valence-corrected chi connectivity index (χ2v) is 6.31. The van der Waals surface area contributed by atoms with Crippen molar-refractivity contribution in [2.24, 2.45) is 0 Å². The molecule has 2 aromatic heterocycles. The van der Waals surface area contributed by atoms with Crippen LogP contribution in [0.2, 0.25) is 0 Å². The Hall–Kier alpha value is -2.79. The lowest BCUT2D eigenvalue weighted by molar-refractivity contribution is -0.0511. The van der Waals surface area contributed by atoms with E-state index in [0.717, 1.165) is 5.56 Å². The highest BCUT2D eigenvalue weighted by Gasteiger charge is 2.44. The number of benzene rings is 1. The van der Waals surface area contributed by atoms with Gasteiger partial charge in [-0.3, -0.25) is 14.3 Å². The fourth-order valence-corrected chi connectivity index (χ4v) is 3.09. The van der Waals surface area contributed by atoms with Crippen molar-refractivity contribution in [1.82, 2.24) is 19.5 Å². The molecule has 4 atom stereocenters.